The highest BCUT2D eigenvalue weighted by Crippen LogP contribution is 2.40. The molecule has 0 unspecified atom stereocenters. The van der Waals surface area contributed by atoms with Crippen LogP contribution in [0.5, 0.6) is 11.5 Å². The van der Waals surface area contributed by atoms with Crippen LogP contribution in [0.1, 0.15) is 5.56 Å². The topological polar surface area (TPSA) is 18.5 Å². The Balaban J connectivity index is 2.19. The number of para-hydroxylation sites is 2. The average Bonchev–Trinajstić information content (AvgIpc) is 2.69. The van der Waals surface area contributed by atoms with Gasteiger partial charge in [0.25, 0.3) is 0 Å². The van der Waals surface area contributed by atoms with Crippen LogP contribution in [0.15, 0.2) is 72.8 Å². The molecular weight excluding hydrogens is 372 g/mol. The number of halogens is 3. The minimum absolute atomic E-state index is 0.666. The summed E-state index contributed by atoms with van der Waals surface area (Å²) in [6.07, 6.45) is -4.36. The molecule has 3 aromatic carbocycles. The molecule has 0 aliphatic carbocycles. The Hall–Kier alpha value is -2.52. The van der Waals surface area contributed by atoms with E-state index in [1.165, 1.54) is 12.1 Å². The number of hydrogen-bond donors (Lipinski definition) is 0. The van der Waals surface area contributed by atoms with Crippen LogP contribution in [-0.4, -0.2) is 14.2 Å². The fourth-order valence-corrected chi connectivity index (χ4v) is 5.34. The van der Waals surface area contributed by atoms with E-state index in [2.05, 4.69) is 0 Å². The van der Waals surface area contributed by atoms with Gasteiger partial charge in [-0.1, -0.05) is 48.5 Å². The summed E-state index contributed by atoms with van der Waals surface area (Å²) in [6.45, 7) is 0. The van der Waals surface area contributed by atoms with Crippen molar-refractivity contribution in [2.24, 2.45) is 0 Å². The van der Waals surface area contributed by atoms with Crippen molar-refractivity contribution in [3.8, 4) is 11.5 Å². The van der Waals surface area contributed by atoms with Crippen LogP contribution in [0.3, 0.4) is 0 Å². The lowest BCUT2D eigenvalue weighted by atomic mass is 10.2. The molecule has 0 bridgehead atoms. The molecule has 3 aromatic rings. The second kappa shape index (κ2) is 8.01. The molecule has 0 saturated heterocycles. The number of alkyl halides is 3. The first-order valence-corrected chi connectivity index (χ1v) is 9.53. The maximum atomic E-state index is 13.0. The van der Waals surface area contributed by atoms with Gasteiger partial charge in [0, 0.05) is 10.6 Å². The zero-order valence-corrected chi connectivity index (χ0v) is 15.7. The fraction of sp³-hybridized carbons (Fsp3) is 0.143. The zero-order valence-electron chi connectivity index (χ0n) is 14.8. The highest BCUT2D eigenvalue weighted by atomic mass is 31.1. The van der Waals surface area contributed by atoms with E-state index in [9.17, 15) is 13.2 Å². The second-order valence-electron chi connectivity index (χ2n) is 5.72. The molecule has 0 aliphatic rings. The Bertz CT molecular complexity index is 860. The number of hydrogen-bond acceptors (Lipinski definition) is 2. The van der Waals surface area contributed by atoms with Gasteiger partial charge in [0.15, 0.2) is 0 Å². The van der Waals surface area contributed by atoms with Crippen molar-refractivity contribution in [3.63, 3.8) is 0 Å². The van der Waals surface area contributed by atoms with Crippen LogP contribution in [0.4, 0.5) is 13.2 Å². The maximum Gasteiger partial charge on any atom is 0.416 e. The van der Waals surface area contributed by atoms with Crippen molar-refractivity contribution in [2.45, 2.75) is 6.18 Å². The van der Waals surface area contributed by atoms with Gasteiger partial charge in [0.05, 0.1) is 19.8 Å². The van der Waals surface area contributed by atoms with Crippen molar-refractivity contribution in [1.82, 2.24) is 0 Å². The molecule has 3 rings (SSSR count). The maximum absolute atomic E-state index is 13.0. The number of rotatable bonds is 5. The molecule has 27 heavy (non-hydrogen) atoms. The van der Waals surface area contributed by atoms with Crippen molar-refractivity contribution in [3.05, 3.63) is 78.4 Å². The lowest BCUT2D eigenvalue weighted by Gasteiger charge is -2.23. The lowest BCUT2D eigenvalue weighted by molar-refractivity contribution is -0.137. The Morgan fingerprint density at radius 1 is 0.667 bits per heavy atom. The van der Waals surface area contributed by atoms with E-state index in [1.54, 1.807) is 14.2 Å². The van der Waals surface area contributed by atoms with Crippen LogP contribution in [-0.2, 0) is 6.18 Å². The normalized spacial score (nSPS) is 11.5. The third-order valence-corrected chi connectivity index (χ3v) is 6.62. The highest BCUT2D eigenvalue weighted by molar-refractivity contribution is 7.80. The molecule has 0 amide bonds. The standard InChI is InChI=1S/C21H18F3O2P/c1-25-17-7-3-5-9-19(17)27(20-10-6-4-8-18(20)26-2)16-13-11-15(12-14-16)21(22,23)24/h3-14H,1-2H3. The Morgan fingerprint density at radius 2 is 1.11 bits per heavy atom. The van der Waals surface area contributed by atoms with E-state index in [-0.39, 0.29) is 0 Å². The van der Waals surface area contributed by atoms with Crippen LogP contribution in [0, 0.1) is 0 Å². The Morgan fingerprint density at radius 3 is 1.52 bits per heavy atom. The van der Waals surface area contributed by atoms with Gasteiger partial charge in [-0.25, -0.2) is 0 Å². The molecule has 0 heterocycles. The monoisotopic (exact) mass is 390 g/mol. The third kappa shape index (κ3) is 4.09. The van der Waals surface area contributed by atoms with Crippen molar-refractivity contribution in [2.75, 3.05) is 14.2 Å². The summed E-state index contributed by atoms with van der Waals surface area (Å²) in [5.74, 6) is 1.38. The van der Waals surface area contributed by atoms with Gasteiger partial charge in [-0.15, -0.1) is 0 Å². The number of ether oxygens (including phenoxy) is 2. The summed E-state index contributed by atoms with van der Waals surface area (Å²) >= 11 is 0. The fourth-order valence-electron chi connectivity index (χ4n) is 2.84. The average molecular weight is 390 g/mol. The summed E-state index contributed by atoms with van der Waals surface area (Å²) in [7, 11) is 2.00. The van der Waals surface area contributed by atoms with E-state index < -0.39 is 19.7 Å². The molecule has 0 saturated carbocycles. The van der Waals surface area contributed by atoms with Gasteiger partial charge >= 0.3 is 6.18 Å². The number of benzene rings is 3. The minimum atomic E-state index is -4.36. The van der Waals surface area contributed by atoms with Crippen molar-refractivity contribution >= 4 is 23.8 Å². The smallest absolute Gasteiger partial charge is 0.416 e. The molecule has 0 fully saturated rings. The molecular formula is C21H18F3O2P. The number of methoxy groups -OCH3 is 2. The van der Waals surface area contributed by atoms with Gasteiger partial charge < -0.3 is 9.47 Å². The van der Waals surface area contributed by atoms with Crippen LogP contribution in [0.2, 0.25) is 0 Å². The Kier molecular flexibility index (Phi) is 5.71. The predicted molar refractivity (Wildman–Crippen MR) is 103 cm³/mol. The quantitative estimate of drug-likeness (QED) is 0.598. The van der Waals surface area contributed by atoms with E-state index in [4.69, 9.17) is 9.47 Å². The van der Waals surface area contributed by atoms with E-state index in [0.717, 1.165) is 28.0 Å². The van der Waals surface area contributed by atoms with Gasteiger partial charge in [-0.05, 0) is 37.5 Å². The van der Waals surface area contributed by atoms with Crippen molar-refractivity contribution in [1.29, 1.82) is 0 Å². The second-order valence-corrected chi connectivity index (χ2v) is 7.87. The summed E-state index contributed by atoms with van der Waals surface area (Å²) < 4.78 is 49.9. The molecule has 140 valence electrons. The summed E-state index contributed by atoms with van der Waals surface area (Å²) in [6, 6.07) is 20.4. The molecule has 0 radical (unpaired) electrons. The first-order valence-electron chi connectivity index (χ1n) is 8.19. The van der Waals surface area contributed by atoms with Gasteiger partial charge in [-0.3, -0.25) is 0 Å². The highest BCUT2D eigenvalue weighted by Gasteiger charge is 2.31. The van der Waals surface area contributed by atoms with Gasteiger partial charge in [0.2, 0.25) is 0 Å². The molecule has 6 heteroatoms. The molecule has 0 aromatic heterocycles. The first-order chi connectivity index (χ1) is 13.0. The molecule has 0 spiro atoms. The van der Waals surface area contributed by atoms with Crippen LogP contribution >= 0.6 is 7.92 Å². The van der Waals surface area contributed by atoms with E-state index in [1.807, 2.05) is 48.5 Å². The summed E-state index contributed by atoms with van der Waals surface area (Å²) in [4.78, 5) is 0. The molecule has 2 nitrogen and oxygen atoms in total. The molecule has 0 N–H and O–H groups in total. The summed E-state index contributed by atoms with van der Waals surface area (Å²) in [5.41, 5.74) is -0.666. The molecule has 0 aliphatic heterocycles. The lowest BCUT2D eigenvalue weighted by Crippen LogP contribution is -2.23. The first kappa shape index (κ1) is 19.2. The van der Waals surface area contributed by atoms with E-state index in [0.29, 0.717) is 11.5 Å². The SMILES string of the molecule is COc1ccccc1P(c1ccc(C(F)(F)F)cc1)c1ccccc1OC. The van der Waals surface area contributed by atoms with Crippen molar-refractivity contribution < 1.29 is 22.6 Å². The van der Waals surface area contributed by atoms with Crippen LogP contribution in [0.25, 0.3) is 0 Å². The predicted octanol–water partition coefficient (Wildman–Crippen LogP) is 4.48. The minimum Gasteiger partial charge on any atom is -0.496 e. The molecule has 0 atom stereocenters. The van der Waals surface area contributed by atoms with Gasteiger partial charge in [0.1, 0.15) is 11.5 Å². The van der Waals surface area contributed by atoms with Gasteiger partial charge in [-0.2, -0.15) is 13.2 Å². The summed E-state index contributed by atoms with van der Waals surface area (Å²) in [5, 5.41) is 2.62. The largest absolute Gasteiger partial charge is 0.496 e. The van der Waals surface area contributed by atoms with E-state index >= 15 is 0 Å². The zero-order chi connectivity index (χ0) is 19.4. The Labute approximate surface area is 157 Å². The van der Waals surface area contributed by atoms with Crippen LogP contribution < -0.4 is 25.4 Å². The third-order valence-electron chi connectivity index (χ3n) is 4.10.